The molecule has 1 heterocycles. The van der Waals surface area contributed by atoms with E-state index in [-0.39, 0.29) is 0 Å². The first kappa shape index (κ1) is 9.97. The molecule has 1 N–H and O–H groups in total. The second kappa shape index (κ2) is 3.90. The van der Waals surface area contributed by atoms with Crippen molar-refractivity contribution in [2.45, 2.75) is 0 Å². The maximum atomic E-state index is 13.0. The summed E-state index contributed by atoms with van der Waals surface area (Å²) >= 11 is 1.02. The van der Waals surface area contributed by atoms with Crippen molar-refractivity contribution in [1.82, 2.24) is 8.75 Å². The fraction of sp³-hybridized carbons (Fsp3) is 0.111. The summed E-state index contributed by atoms with van der Waals surface area (Å²) < 4.78 is 33.6. The van der Waals surface area contributed by atoms with Crippen molar-refractivity contribution in [3.63, 3.8) is 0 Å². The third kappa shape index (κ3) is 1.80. The molecule has 0 aliphatic carbocycles. The lowest BCUT2D eigenvalue weighted by Crippen LogP contribution is -1.92. The minimum Gasteiger partial charge on any atom is -0.370 e. The number of nitrogens with one attached hydrogen (secondary N) is 1. The van der Waals surface area contributed by atoms with Crippen LogP contribution in [0.25, 0.3) is 11.3 Å². The van der Waals surface area contributed by atoms with E-state index in [1.54, 1.807) is 7.05 Å². The number of nitrogens with zero attached hydrogens (tertiary/aromatic N) is 2. The van der Waals surface area contributed by atoms with Gasteiger partial charge in [0.1, 0.15) is 5.69 Å². The number of benzene rings is 1. The Labute approximate surface area is 89.1 Å². The van der Waals surface area contributed by atoms with Crippen LogP contribution in [0, 0.1) is 11.6 Å². The lowest BCUT2D eigenvalue weighted by Gasteiger charge is -2.00. The zero-order valence-corrected chi connectivity index (χ0v) is 8.61. The number of halogens is 2. The minimum absolute atomic E-state index is 0.506. The number of hydrogen-bond acceptors (Lipinski definition) is 4. The molecule has 15 heavy (non-hydrogen) atoms. The van der Waals surface area contributed by atoms with Gasteiger partial charge in [0, 0.05) is 12.6 Å². The molecule has 0 saturated carbocycles. The number of hydrogen-bond donors (Lipinski definition) is 1. The standard InChI is InChI=1S/C9H7F2N3S/c1-12-9-8(13-15-14-9)5-2-3-6(10)7(11)4-5/h2-4H,1H3,(H,12,14). The molecule has 0 radical (unpaired) electrons. The van der Waals surface area contributed by atoms with E-state index in [2.05, 4.69) is 14.1 Å². The highest BCUT2D eigenvalue weighted by molar-refractivity contribution is 6.99. The second-order valence-electron chi connectivity index (χ2n) is 2.84. The quantitative estimate of drug-likeness (QED) is 0.856. The van der Waals surface area contributed by atoms with Crippen molar-refractivity contribution in [3.8, 4) is 11.3 Å². The Morgan fingerprint density at radius 2 is 2.00 bits per heavy atom. The first-order chi connectivity index (χ1) is 7.22. The van der Waals surface area contributed by atoms with Crippen LogP contribution in [0.2, 0.25) is 0 Å². The summed E-state index contributed by atoms with van der Waals surface area (Å²) in [5.74, 6) is -1.19. The van der Waals surface area contributed by atoms with Crippen LogP contribution in [0.4, 0.5) is 14.6 Å². The summed E-state index contributed by atoms with van der Waals surface area (Å²) in [5, 5.41) is 2.83. The third-order valence-electron chi connectivity index (χ3n) is 1.92. The fourth-order valence-electron chi connectivity index (χ4n) is 1.19. The summed E-state index contributed by atoms with van der Waals surface area (Å²) in [5.41, 5.74) is 1.04. The van der Waals surface area contributed by atoms with Gasteiger partial charge in [0.25, 0.3) is 0 Å². The maximum absolute atomic E-state index is 13.0. The highest BCUT2D eigenvalue weighted by atomic mass is 32.1. The average Bonchev–Trinajstić information content (AvgIpc) is 2.70. The SMILES string of the molecule is CNc1nsnc1-c1ccc(F)c(F)c1. The van der Waals surface area contributed by atoms with E-state index < -0.39 is 11.6 Å². The van der Waals surface area contributed by atoms with Crippen molar-refractivity contribution in [2.24, 2.45) is 0 Å². The minimum atomic E-state index is -0.887. The third-order valence-corrected chi connectivity index (χ3v) is 2.45. The van der Waals surface area contributed by atoms with E-state index in [0.717, 1.165) is 23.9 Å². The molecular weight excluding hydrogens is 220 g/mol. The Morgan fingerprint density at radius 1 is 1.20 bits per heavy atom. The van der Waals surface area contributed by atoms with Gasteiger partial charge < -0.3 is 5.32 Å². The Kier molecular flexibility index (Phi) is 2.59. The summed E-state index contributed by atoms with van der Waals surface area (Å²) in [4.78, 5) is 0. The van der Waals surface area contributed by atoms with Crippen LogP contribution in [0.5, 0.6) is 0 Å². The molecule has 1 aromatic heterocycles. The maximum Gasteiger partial charge on any atom is 0.167 e. The molecule has 3 nitrogen and oxygen atoms in total. The summed E-state index contributed by atoms with van der Waals surface area (Å²) in [6.45, 7) is 0. The predicted molar refractivity (Wildman–Crippen MR) is 54.8 cm³/mol. The van der Waals surface area contributed by atoms with Crippen LogP contribution < -0.4 is 5.32 Å². The first-order valence-corrected chi connectivity index (χ1v) is 4.91. The molecule has 0 bridgehead atoms. The van der Waals surface area contributed by atoms with Crippen LogP contribution in [-0.2, 0) is 0 Å². The van der Waals surface area contributed by atoms with Crippen molar-refractivity contribution in [3.05, 3.63) is 29.8 Å². The number of rotatable bonds is 2. The Balaban J connectivity index is 2.50. The number of aromatic nitrogens is 2. The molecule has 0 saturated heterocycles. The Hall–Kier alpha value is -1.56. The molecule has 78 valence electrons. The van der Waals surface area contributed by atoms with Crippen LogP contribution in [-0.4, -0.2) is 15.8 Å². The van der Waals surface area contributed by atoms with Gasteiger partial charge in [-0.15, -0.1) is 0 Å². The fourth-order valence-corrected chi connectivity index (χ4v) is 1.76. The summed E-state index contributed by atoms with van der Waals surface area (Å²) in [6.07, 6.45) is 0. The smallest absolute Gasteiger partial charge is 0.167 e. The van der Waals surface area contributed by atoms with E-state index in [4.69, 9.17) is 0 Å². The molecule has 2 rings (SSSR count). The van der Waals surface area contributed by atoms with Crippen LogP contribution in [0.3, 0.4) is 0 Å². The summed E-state index contributed by atoms with van der Waals surface area (Å²) in [7, 11) is 1.69. The lowest BCUT2D eigenvalue weighted by atomic mass is 10.1. The highest BCUT2D eigenvalue weighted by Crippen LogP contribution is 2.26. The molecule has 1 aromatic carbocycles. The van der Waals surface area contributed by atoms with Crippen molar-refractivity contribution >= 4 is 17.5 Å². The topological polar surface area (TPSA) is 37.8 Å². The Bertz CT molecular complexity index is 484. The van der Waals surface area contributed by atoms with Gasteiger partial charge in [-0.3, -0.25) is 0 Å². The zero-order chi connectivity index (χ0) is 10.8. The lowest BCUT2D eigenvalue weighted by molar-refractivity contribution is 0.509. The molecule has 6 heteroatoms. The van der Waals surface area contributed by atoms with Crippen LogP contribution in [0.15, 0.2) is 18.2 Å². The van der Waals surface area contributed by atoms with E-state index in [9.17, 15) is 8.78 Å². The molecule has 0 fully saturated rings. The van der Waals surface area contributed by atoms with E-state index in [0.29, 0.717) is 17.1 Å². The molecule has 0 aliphatic heterocycles. The van der Waals surface area contributed by atoms with Gasteiger partial charge in [-0.2, -0.15) is 8.75 Å². The highest BCUT2D eigenvalue weighted by Gasteiger charge is 2.11. The predicted octanol–water partition coefficient (Wildman–Crippen LogP) is 2.53. The van der Waals surface area contributed by atoms with E-state index in [1.807, 2.05) is 0 Å². The van der Waals surface area contributed by atoms with Gasteiger partial charge in [0.05, 0.1) is 11.7 Å². The zero-order valence-electron chi connectivity index (χ0n) is 7.79. The van der Waals surface area contributed by atoms with Gasteiger partial charge in [0.2, 0.25) is 0 Å². The molecule has 0 spiro atoms. The normalized spacial score (nSPS) is 10.3. The van der Waals surface area contributed by atoms with Crippen molar-refractivity contribution in [2.75, 3.05) is 12.4 Å². The molecule has 0 atom stereocenters. The van der Waals surface area contributed by atoms with E-state index in [1.165, 1.54) is 6.07 Å². The largest absolute Gasteiger partial charge is 0.370 e. The molecule has 2 aromatic rings. The van der Waals surface area contributed by atoms with Gasteiger partial charge in [-0.05, 0) is 18.2 Å². The first-order valence-electron chi connectivity index (χ1n) is 4.18. The van der Waals surface area contributed by atoms with Crippen LogP contribution in [0.1, 0.15) is 0 Å². The van der Waals surface area contributed by atoms with Gasteiger partial charge in [-0.1, -0.05) is 0 Å². The molecule has 0 aliphatic rings. The van der Waals surface area contributed by atoms with Gasteiger partial charge in [0.15, 0.2) is 17.5 Å². The van der Waals surface area contributed by atoms with Gasteiger partial charge >= 0.3 is 0 Å². The van der Waals surface area contributed by atoms with Crippen LogP contribution >= 0.6 is 11.7 Å². The summed E-state index contributed by atoms with van der Waals surface area (Å²) in [6, 6.07) is 3.65. The molecular formula is C9H7F2N3S. The average molecular weight is 227 g/mol. The Morgan fingerprint density at radius 3 is 2.67 bits per heavy atom. The monoisotopic (exact) mass is 227 g/mol. The number of anilines is 1. The van der Waals surface area contributed by atoms with E-state index >= 15 is 0 Å². The molecule has 0 amide bonds. The second-order valence-corrected chi connectivity index (χ2v) is 3.37. The van der Waals surface area contributed by atoms with Crippen molar-refractivity contribution in [1.29, 1.82) is 0 Å². The van der Waals surface area contributed by atoms with Gasteiger partial charge in [-0.25, -0.2) is 8.78 Å². The molecule has 0 unspecified atom stereocenters. The van der Waals surface area contributed by atoms with Crippen molar-refractivity contribution < 1.29 is 8.78 Å².